The lowest BCUT2D eigenvalue weighted by atomic mass is 10.2. The van der Waals surface area contributed by atoms with Crippen LogP contribution in [0, 0.1) is 0 Å². The first-order chi connectivity index (χ1) is 6.25. The van der Waals surface area contributed by atoms with E-state index in [-0.39, 0.29) is 0 Å². The third-order valence-corrected chi connectivity index (χ3v) is 3.86. The molecular formula is C10H22N2S. The van der Waals surface area contributed by atoms with Crippen molar-refractivity contribution >= 4 is 11.8 Å². The smallest absolute Gasteiger partial charge is 0.0195 e. The van der Waals surface area contributed by atoms with Crippen LogP contribution in [0.25, 0.3) is 0 Å². The number of rotatable bonds is 4. The van der Waals surface area contributed by atoms with Crippen molar-refractivity contribution in [3.8, 4) is 0 Å². The van der Waals surface area contributed by atoms with Crippen LogP contribution in [-0.4, -0.2) is 48.1 Å². The van der Waals surface area contributed by atoms with Crippen molar-refractivity contribution in [2.45, 2.75) is 32.9 Å². The van der Waals surface area contributed by atoms with Gasteiger partial charge in [-0.25, -0.2) is 0 Å². The maximum atomic E-state index is 3.42. The number of nitrogens with one attached hydrogen (secondary N) is 1. The molecule has 1 saturated heterocycles. The first-order valence-electron chi connectivity index (χ1n) is 5.30. The highest BCUT2D eigenvalue weighted by molar-refractivity contribution is 7.99. The summed E-state index contributed by atoms with van der Waals surface area (Å²) in [6, 6.07) is 1.45. The van der Waals surface area contributed by atoms with Gasteiger partial charge in [0.1, 0.15) is 0 Å². The van der Waals surface area contributed by atoms with Crippen LogP contribution in [0.4, 0.5) is 0 Å². The highest BCUT2D eigenvalue weighted by atomic mass is 32.2. The maximum Gasteiger partial charge on any atom is 0.0195 e. The SMILES string of the molecule is CCNCC(C)N1CCSCC1C. The molecule has 2 atom stereocenters. The Hall–Kier alpha value is 0.270. The van der Waals surface area contributed by atoms with E-state index in [4.69, 9.17) is 0 Å². The predicted octanol–water partition coefficient (Wildman–Crippen LogP) is 1.42. The normalized spacial score (nSPS) is 27.5. The number of likely N-dealkylation sites (N-methyl/N-ethyl adjacent to an activating group) is 1. The molecule has 2 nitrogen and oxygen atoms in total. The third kappa shape index (κ3) is 3.49. The van der Waals surface area contributed by atoms with E-state index in [1.165, 1.54) is 18.1 Å². The summed E-state index contributed by atoms with van der Waals surface area (Å²) in [5.74, 6) is 2.61. The Morgan fingerprint density at radius 3 is 3.00 bits per heavy atom. The molecule has 1 rings (SSSR count). The molecule has 1 fully saturated rings. The fourth-order valence-corrected chi connectivity index (χ4v) is 2.90. The molecule has 13 heavy (non-hydrogen) atoms. The summed E-state index contributed by atoms with van der Waals surface area (Å²) < 4.78 is 0. The van der Waals surface area contributed by atoms with Crippen LogP contribution in [0.15, 0.2) is 0 Å². The fraction of sp³-hybridized carbons (Fsp3) is 1.00. The average Bonchev–Trinajstić information content (AvgIpc) is 2.15. The molecule has 1 heterocycles. The lowest BCUT2D eigenvalue weighted by molar-refractivity contribution is 0.170. The zero-order chi connectivity index (χ0) is 9.68. The first-order valence-corrected chi connectivity index (χ1v) is 6.45. The molecule has 3 heteroatoms. The van der Waals surface area contributed by atoms with Crippen LogP contribution in [0.1, 0.15) is 20.8 Å². The van der Waals surface area contributed by atoms with Crippen LogP contribution >= 0.6 is 11.8 Å². The highest BCUT2D eigenvalue weighted by Gasteiger charge is 2.22. The number of nitrogens with zero attached hydrogens (tertiary/aromatic N) is 1. The maximum absolute atomic E-state index is 3.42. The molecule has 2 unspecified atom stereocenters. The Labute approximate surface area is 86.5 Å². The zero-order valence-electron chi connectivity index (χ0n) is 9.05. The van der Waals surface area contributed by atoms with Crippen molar-refractivity contribution in [1.82, 2.24) is 10.2 Å². The molecule has 1 aliphatic rings. The van der Waals surface area contributed by atoms with E-state index in [1.807, 2.05) is 0 Å². The molecule has 0 aromatic rings. The van der Waals surface area contributed by atoms with Gasteiger partial charge in [0.05, 0.1) is 0 Å². The van der Waals surface area contributed by atoms with Gasteiger partial charge < -0.3 is 5.32 Å². The Kier molecular flexibility index (Phi) is 5.14. The van der Waals surface area contributed by atoms with Crippen molar-refractivity contribution in [3.63, 3.8) is 0 Å². The van der Waals surface area contributed by atoms with E-state index in [0.717, 1.165) is 19.1 Å². The van der Waals surface area contributed by atoms with Gasteiger partial charge in [0.25, 0.3) is 0 Å². The van der Waals surface area contributed by atoms with Gasteiger partial charge in [0, 0.05) is 36.7 Å². The van der Waals surface area contributed by atoms with Crippen molar-refractivity contribution in [2.75, 3.05) is 31.1 Å². The minimum atomic E-state index is 0.691. The lowest BCUT2D eigenvalue weighted by Gasteiger charge is -2.37. The molecule has 0 spiro atoms. The zero-order valence-corrected chi connectivity index (χ0v) is 9.86. The molecule has 0 saturated carbocycles. The molecule has 1 N–H and O–H groups in total. The first kappa shape index (κ1) is 11.3. The summed E-state index contributed by atoms with van der Waals surface area (Å²) in [7, 11) is 0. The van der Waals surface area contributed by atoms with Crippen LogP contribution in [0.5, 0.6) is 0 Å². The van der Waals surface area contributed by atoms with Gasteiger partial charge in [-0.1, -0.05) is 6.92 Å². The van der Waals surface area contributed by atoms with Crippen molar-refractivity contribution < 1.29 is 0 Å². The summed E-state index contributed by atoms with van der Waals surface area (Å²) in [6.45, 7) is 10.3. The van der Waals surface area contributed by atoms with Crippen LogP contribution < -0.4 is 5.32 Å². The average molecular weight is 202 g/mol. The second kappa shape index (κ2) is 5.89. The molecule has 0 aromatic heterocycles. The van der Waals surface area contributed by atoms with Gasteiger partial charge in [0.15, 0.2) is 0 Å². The van der Waals surface area contributed by atoms with E-state index in [2.05, 4.69) is 42.7 Å². The summed E-state index contributed by atoms with van der Waals surface area (Å²) in [4.78, 5) is 2.62. The van der Waals surface area contributed by atoms with Crippen molar-refractivity contribution in [2.24, 2.45) is 0 Å². The molecule has 78 valence electrons. The quantitative estimate of drug-likeness (QED) is 0.742. The Bertz CT molecular complexity index is 141. The van der Waals surface area contributed by atoms with E-state index in [9.17, 15) is 0 Å². The molecule has 1 aliphatic heterocycles. The van der Waals surface area contributed by atoms with Gasteiger partial charge in [-0.05, 0) is 20.4 Å². The minimum Gasteiger partial charge on any atom is -0.315 e. The number of hydrogen-bond donors (Lipinski definition) is 1. The summed E-state index contributed by atoms with van der Waals surface area (Å²) in [6.07, 6.45) is 0. The fourth-order valence-electron chi connectivity index (χ4n) is 1.87. The topological polar surface area (TPSA) is 15.3 Å². The Morgan fingerprint density at radius 2 is 2.38 bits per heavy atom. The van der Waals surface area contributed by atoms with Gasteiger partial charge in [-0.3, -0.25) is 4.90 Å². The van der Waals surface area contributed by atoms with E-state index in [1.54, 1.807) is 0 Å². The Morgan fingerprint density at radius 1 is 1.62 bits per heavy atom. The second-order valence-corrected chi connectivity index (χ2v) is 4.97. The standard InChI is InChI=1S/C10H22N2S/c1-4-11-7-9(2)12-5-6-13-8-10(12)3/h9-11H,4-8H2,1-3H3. The summed E-state index contributed by atoms with van der Waals surface area (Å²) in [5.41, 5.74) is 0. The molecule has 0 amide bonds. The van der Waals surface area contributed by atoms with Crippen LogP contribution in [-0.2, 0) is 0 Å². The molecule has 0 aliphatic carbocycles. The van der Waals surface area contributed by atoms with Crippen molar-refractivity contribution in [1.29, 1.82) is 0 Å². The third-order valence-electron chi connectivity index (χ3n) is 2.67. The van der Waals surface area contributed by atoms with E-state index < -0.39 is 0 Å². The monoisotopic (exact) mass is 202 g/mol. The number of thioether (sulfide) groups is 1. The van der Waals surface area contributed by atoms with Crippen molar-refractivity contribution in [3.05, 3.63) is 0 Å². The van der Waals surface area contributed by atoms with Crippen LogP contribution in [0.3, 0.4) is 0 Å². The largest absolute Gasteiger partial charge is 0.315 e. The van der Waals surface area contributed by atoms with Gasteiger partial charge in [-0.15, -0.1) is 0 Å². The van der Waals surface area contributed by atoms with Gasteiger partial charge >= 0.3 is 0 Å². The predicted molar refractivity (Wildman–Crippen MR) is 61.5 cm³/mol. The van der Waals surface area contributed by atoms with E-state index in [0.29, 0.717) is 6.04 Å². The van der Waals surface area contributed by atoms with Gasteiger partial charge in [0.2, 0.25) is 0 Å². The Balaban J connectivity index is 2.30. The minimum absolute atomic E-state index is 0.691. The van der Waals surface area contributed by atoms with E-state index >= 15 is 0 Å². The summed E-state index contributed by atoms with van der Waals surface area (Å²) >= 11 is 2.09. The lowest BCUT2D eigenvalue weighted by Crippen LogP contribution is -2.49. The summed E-state index contributed by atoms with van der Waals surface area (Å²) in [5, 5.41) is 3.42. The highest BCUT2D eigenvalue weighted by Crippen LogP contribution is 2.17. The van der Waals surface area contributed by atoms with Crippen LogP contribution in [0.2, 0.25) is 0 Å². The number of hydrogen-bond acceptors (Lipinski definition) is 3. The van der Waals surface area contributed by atoms with Gasteiger partial charge in [-0.2, -0.15) is 11.8 Å². The second-order valence-electron chi connectivity index (χ2n) is 3.82. The molecule has 0 aromatic carbocycles. The molecule has 0 bridgehead atoms. The molecule has 0 radical (unpaired) electrons. The molecular weight excluding hydrogens is 180 g/mol.